The summed E-state index contributed by atoms with van der Waals surface area (Å²) in [5.41, 5.74) is 9.29. The number of fused-ring (bicyclic) bond motifs is 1. The van der Waals surface area contributed by atoms with Crippen molar-refractivity contribution in [1.29, 1.82) is 0 Å². The Labute approximate surface area is 114 Å². The van der Waals surface area contributed by atoms with Crippen LogP contribution >= 0.6 is 27.3 Å². The molecule has 0 saturated carbocycles. The summed E-state index contributed by atoms with van der Waals surface area (Å²) in [4.78, 5) is 2.59. The van der Waals surface area contributed by atoms with E-state index in [1.54, 1.807) is 11.3 Å². The lowest BCUT2D eigenvalue weighted by Crippen LogP contribution is -2.28. The van der Waals surface area contributed by atoms with Crippen molar-refractivity contribution in [2.75, 3.05) is 0 Å². The van der Waals surface area contributed by atoms with E-state index >= 15 is 0 Å². The Morgan fingerprint density at radius 2 is 2.18 bits per heavy atom. The Balaban J connectivity index is 1.91. The lowest BCUT2D eigenvalue weighted by Gasteiger charge is -2.34. The van der Waals surface area contributed by atoms with Gasteiger partial charge in [0.25, 0.3) is 0 Å². The van der Waals surface area contributed by atoms with E-state index in [0.717, 1.165) is 10.9 Å². The Bertz CT molecular complexity index is 561. The first-order chi connectivity index (χ1) is 8.16. The second-order valence-corrected chi connectivity index (χ2v) is 6.75. The third-order valence-electron chi connectivity index (χ3n) is 3.47. The molecule has 0 amide bonds. The fourth-order valence-corrected chi connectivity index (χ4v) is 4.51. The van der Waals surface area contributed by atoms with E-state index in [0.29, 0.717) is 5.92 Å². The molecule has 1 nitrogen and oxygen atoms in total. The quantitative estimate of drug-likeness (QED) is 0.886. The van der Waals surface area contributed by atoms with Gasteiger partial charge in [-0.15, -0.1) is 11.3 Å². The number of rotatable bonds is 2. The van der Waals surface area contributed by atoms with Crippen LogP contribution in [0, 0.1) is 6.92 Å². The molecule has 1 aliphatic carbocycles. The molecule has 1 aliphatic rings. The minimum atomic E-state index is 0.123. The molecule has 0 fully saturated rings. The van der Waals surface area contributed by atoms with Crippen molar-refractivity contribution in [2.45, 2.75) is 25.3 Å². The molecule has 0 saturated heterocycles. The smallest absolute Gasteiger partial charge is 0.0474 e. The first-order valence-corrected chi connectivity index (χ1v) is 7.37. The number of benzene rings is 1. The minimum absolute atomic E-state index is 0.123. The van der Waals surface area contributed by atoms with Crippen molar-refractivity contribution >= 4 is 27.3 Å². The monoisotopic (exact) mass is 307 g/mol. The number of thiophene rings is 1. The van der Waals surface area contributed by atoms with Gasteiger partial charge in [-0.1, -0.05) is 24.3 Å². The maximum absolute atomic E-state index is 6.41. The third kappa shape index (κ3) is 1.86. The summed E-state index contributed by atoms with van der Waals surface area (Å²) < 4.78 is 1.16. The highest BCUT2D eigenvalue weighted by molar-refractivity contribution is 9.10. The SMILES string of the molecule is Cc1cc(Br)c(C(N)C2Cc3ccccc32)s1. The minimum Gasteiger partial charge on any atom is -0.323 e. The third-order valence-corrected chi connectivity index (χ3v) is 5.54. The predicted octanol–water partition coefficient (Wildman–Crippen LogP) is 4.16. The van der Waals surface area contributed by atoms with E-state index in [1.807, 2.05) is 0 Å². The van der Waals surface area contributed by atoms with E-state index in [1.165, 1.54) is 20.9 Å². The van der Waals surface area contributed by atoms with E-state index in [9.17, 15) is 0 Å². The van der Waals surface area contributed by atoms with Gasteiger partial charge in [0.15, 0.2) is 0 Å². The van der Waals surface area contributed by atoms with E-state index in [4.69, 9.17) is 5.73 Å². The van der Waals surface area contributed by atoms with Crippen molar-refractivity contribution in [3.05, 3.63) is 55.7 Å². The van der Waals surface area contributed by atoms with Crippen molar-refractivity contribution < 1.29 is 0 Å². The molecular formula is C14H14BrNS. The molecule has 3 heteroatoms. The number of aryl methyl sites for hydroxylation is 1. The van der Waals surface area contributed by atoms with Crippen LogP contribution in [-0.4, -0.2) is 0 Å². The van der Waals surface area contributed by atoms with Crippen molar-refractivity contribution in [3.63, 3.8) is 0 Å². The highest BCUT2D eigenvalue weighted by atomic mass is 79.9. The number of nitrogens with two attached hydrogens (primary N) is 1. The molecule has 0 aliphatic heterocycles. The predicted molar refractivity (Wildman–Crippen MR) is 76.6 cm³/mol. The standard InChI is InChI=1S/C14H14BrNS/c1-8-6-12(15)14(17-8)13(16)11-7-9-4-2-3-5-10(9)11/h2-6,11,13H,7,16H2,1H3. The molecule has 1 aromatic heterocycles. The van der Waals surface area contributed by atoms with Crippen LogP contribution in [0.4, 0.5) is 0 Å². The van der Waals surface area contributed by atoms with Gasteiger partial charge in [0.05, 0.1) is 0 Å². The fourth-order valence-electron chi connectivity index (χ4n) is 2.53. The fraction of sp³-hybridized carbons (Fsp3) is 0.286. The highest BCUT2D eigenvalue weighted by Crippen LogP contribution is 2.45. The zero-order valence-electron chi connectivity index (χ0n) is 9.61. The topological polar surface area (TPSA) is 26.0 Å². The zero-order chi connectivity index (χ0) is 12.0. The van der Waals surface area contributed by atoms with Crippen LogP contribution in [0.15, 0.2) is 34.8 Å². The lowest BCUT2D eigenvalue weighted by molar-refractivity contribution is 0.505. The number of hydrogen-bond donors (Lipinski definition) is 1. The second kappa shape index (κ2) is 4.23. The van der Waals surface area contributed by atoms with Gasteiger partial charge in [0, 0.05) is 26.2 Å². The Hall–Kier alpha value is -0.640. The van der Waals surface area contributed by atoms with Gasteiger partial charge in [0.1, 0.15) is 0 Å². The van der Waals surface area contributed by atoms with Crippen LogP contribution in [0.1, 0.15) is 32.8 Å². The first-order valence-electron chi connectivity index (χ1n) is 5.76. The molecular weight excluding hydrogens is 294 g/mol. The van der Waals surface area contributed by atoms with Gasteiger partial charge < -0.3 is 5.73 Å². The van der Waals surface area contributed by atoms with E-state index in [-0.39, 0.29) is 6.04 Å². The maximum Gasteiger partial charge on any atom is 0.0474 e. The molecule has 2 atom stereocenters. The molecule has 1 heterocycles. The van der Waals surface area contributed by atoms with Crippen molar-refractivity contribution in [1.82, 2.24) is 0 Å². The molecule has 3 rings (SSSR count). The molecule has 2 N–H and O–H groups in total. The largest absolute Gasteiger partial charge is 0.323 e. The number of hydrogen-bond acceptors (Lipinski definition) is 2. The summed E-state index contributed by atoms with van der Waals surface area (Å²) >= 11 is 5.41. The second-order valence-electron chi connectivity index (χ2n) is 4.60. The normalized spacial score (nSPS) is 19.6. The van der Waals surface area contributed by atoms with E-state index < -0.39 is 0 Å². The van der Waals surface area contributed by atoms with Crippen LogP contribution in [0.3, 0.4) is 0 Å². The summed E-state index contributed by atoms with van der Waals surface area (Å²) in [6.45, 7) is 2.13. The summed E-state index contributed by atoms with van der Waals surface area (Å²) in [5, 5.41) is 0. The molecule has 0 bridgehead atoms. The highest BCUT2D eigenvalue weighted by Gasteiger charge is 2.33. The van der Waals surface area contributed by atoms with Crippen molar-refractivity contribution in [3.8, 4) is 0 Å². The summed E-state index contributed by atoms with van der Waals surface area (Å²) in [5.74, 6) is 0.487. The zero-order valence-corrected chi connectivity index (χ0v) is 12.0. The average Bonchev–Trinajstić information content (AvgIpc) is 2.59. The van der Waals surface area contributed by atoms with Gasteiger partial charge in [-0.2, -0.15) is 0 Å². The summed E-state index contributed by atoms with van der Waals surface area (Å²) in [6, 6.07) is 10.9. The Kier molecular flexibility index (Phi) is 2.85. The van der Waals surface area contributed by atoms with Crippen molar-refractivity contribution in [2.24, 2.45) is 5.73 Å². The Morgan fingerprint density at radius 3 is 2.82 bits per heavy atom. The molecule has 17 heavy (non-hydrogen) atoms. The van der Waals surface area contributed by atoms with Crippen LogP contribution < -0.4 is 5.73 Å². The molecule has 88 valence electrons. The molecule has 1 aromatic carbocycles. The van der Waals surface area contributed by atoms with Gasteiger partial charge in [0.2, 0.25) is 0 Å². The molecule has 2 unspecified atom stereocenters. The molecule has 0 spiro atoms. The van der Waals surface area contributed by atoms with E-state index in [2.05, 4.69) is 53.2 Å². The average molecular weight is 308 g/mol. The molecule has 2 aromatic rings. The van der Waals surface area contributed by atoms with Gasteiger partial charge in [-0.25, -0.2) is 0 Å². The van der Waals surface area contributed by atoms with Gasteiger partial charge >= 0.3 is 0 Å². The number of halogens is 1. The van der Waals surface area contributed by atoms with Crippen LogP contribution in [0.5, 0.6) is 0 Å². The van der Waals surface area contributed by atoms with Gasteiger partial charge in [-0.05, 0) is 46.5 Å². The first kappa shape index (κ1) is 11.5. The maximum atomic E-state index is 6.41. The summed E-state index contributed by atoms with van der Waals surface area (Å²) in [7, 11) is 0. The summed E-state index contributed by atoms with van der Waals surface area (Å²) in [6.07, 6.45) is 1.11. The van der Waals surface area contributed by atoms with Crippen LogP contribution in [-0.2, 0) is 6.42 Å². The van der Waals surface area contributed by atoms with Crippen LogP contribution in [0.2, 0.25) is 0 Å². The van der Waals surface area contributed by atoms with Gasteiger partial charge in [-0.3, -0.25) is 0 Å². The molecule has 0 radical (unpaired) electrons. The lowest BCUT2D eigenvalue weighted by atomic mass is 9.73. The Morgan fingerprint density at radius 1 is 1.41 bits per heavy atom. The van der Waals surface area contributed by atoms with Crippen LogP contribution in [0.25, 0.3) is 0 Å².